The van der Waals surface area contributed by atoms with Crippen molar-refractivity contribution in [3.05, 3.63) is 34.6 Å². The van der Waals surface area contributed by atoms with Gasteiger partial charge >= 0.3 is 0 Å². The first-order valence-corrected chi connectivity index (χ1v) is 7.84. The molecule has 0 saturated carbocycles. The van der Waals surface area contributed by atoms with Crippen LogP contribution in [0.3, 0.4) is 0 Å². The maximum Gasteiger partial charge on any atom is 0.124 e. The molecule has 0 fully saturated rings. The molecule has 0 aliphatic heterocycles. The van der Waals surface area contributed by atoms with Crippen LogP contribution < -0.4 is 5.73 Å². The van der Waals surface area contributed by atoms with E-state index in [0.29, 0.717) is 17.5 Å². The van der Waals surface area contributed by atoms with Crippen molar-refractivity contribution >= 4 is 11.6 Å². The van der Waals surface area contributed by atoms with Crippen LogP contribution in [0.1, 0.15) is 45.2 Å². The molecule has 1 atom stereocenters. The normalized spacial score (nSPS) is 13.2. The average molecular weight is 301 g/mol. The minimum absolute atomic E-state index is 0.0497. The van der Waals surface area contributed by atoms with Gasteiger partial charge in [0.05, 0.1) is 0 Å². The summed E-state index contributed by atoms with van der Waals surface area (Å²) in [5.41, 5.74) is 6.87. The number of halogens is 2. The second kappa shape index (κ2) is 8.60. The lowest BCUT2D eigenvalue weighted by Crippen LogP contribution is -2.37. The van der Waals surface area contributed by atoms with E-state index < -0.39 is 0 Å². The summed E-state index contributed by atoms with van der Waals surface area (Å²) in [4.78, 5) is 2.34. The quantitative estimate of drug-likeness (QED) is 0.778. The number of hydrogen-bond acceptors (Lipinski definition) is 2. The fourth-order valence-electron chi connectivity index (χ4n) is 2.60. The van der Waals surface area contributed by atoms with Gasteiger partial charge in [0.15, 0.2) is 0 Å². The Bertz CT molecular complexity index is 407. The van der Waals surface area contributed by atoms with Crippen LogP contribution in [0, 0.1) is 11.7 Å². The molecule has 0 spiro atoms. The van der Waals surface area contributed by atoms with Gasteiger partial charge in [-0.05, 0) is 30.2 Å². The molecular weight excluding hydrogens is 275 g/mol. The van der Waals surface area contributed by atoms with Crippen molar-refractivity contribution in [2.75, 3.05) is 19.6 Å². The maximum absolute atomic E-state index is 13.2. The highest BCUT2D eigenvalue weighted by molar-refractivity contribution is 6.31. The van der Waals surface area contributed by atoms with Gasteiger partial charge < -0.3 is 5.73 Å². The SMILES string of the molecule is CCC(CC)CN(CC)C(CN)c1ccc(F)cc1Cl. The van der Waals surface area contributed by atoms with Gasteiger partial charge in [0.1, 0.15) is 5.82 Å². The molecule has 2 nitrogen and oxygen atoms in total. The minimum Gasteiger partial charge on any atom is -0.329 e. The molecule has 114 valence electrons. The summed E-state index contributed by atoms with van der Waals surface area (Å²) in [6.07, 6.45) is 2.31. The van der Waals surface area contributed by atoms with E-state index in [4.69, 9.17) is 17.3 Å². The molecule has 1 aromatic rings. The van der Waals surface area contributed by atoms with E-state index in [0.717, 1.165) is 31.5 Å². The first-order chi connectivity index (χ1) is 9.57. The zero-order valence-corrected chi connectivity index (χ0v) is 13.5. The fraction of sp³-hybridized carbons (Fsp3) is 0.625. The summed E-state index contributed by atoms with van der Waals surface area (Å²) in [6, 6.07) is 4.62. The van der Waals surface area contributed by atoms with Gasteiger partial charge in [-0.25, -0.2) is 4.39 Å². The van der Waals surface area contributed by atoms with E-state index in [1.807, 2.05) is 0 Å². The standard InChI is InChI=1S/C16H26ClFN2/c1-4-12(5-2)11-20(6-3)16(10-19)14-8-7-13(18)9-15(14)17/h7-9,12,16H,4-6,10-11,19H2,1-3H3. The van der Waals surface area contributed by atoms with Crippen LogP contribution in [0.5, 0.6) is 0 Å². The molecule has 0 heterocycles. The van der Waals surface area contributed by atoms with E-state index in [2.05, 4.69) is 25.7 Å². The van der Waals surface area contributed by atoms with Crippen molar-refractivity contribution in [3.8, 4) is 0 Å². The van der Waals surface area contributed by atoms with Gasteiger partial charge in [0, 0.05) is 24.2 Å². The second-order valence-electron chi connectivity index (χ2n) is 5.19. The molecule has 0 amide bonds. The lowest BCUT2D eigenvalue weighted by atomic mass is 9.99. The predicted octanol–water partition coefficient (Wildman–Crippen LogP) is 4.24. The summed E-state index contributed by atoms with van der Waals surface area (Å²) in [7, 11) is 0. The Morgan fingerprint density at radius 3 is 2.35 bits per heavy atom. The second-order valence-corrected chi connectivity index (χ2v) is 5.59. The molecule has 0 aliphatic rings. The molecule has 20 heavy (non-hydrogen) atoms. The van der Waals surface area contributed by atoms with Gasteiger partial charge in [-0.2, -0.15) is 0 Å². The molecule has 4 heteroatoms. The average Bonchev–Trinajstić information content (AvgIpc) is 2.45. The first kappa shape index (κ1) is 17.4. The van der Waals surface area contributed by atoms with Gasteiger partial charge in [-0.15, -0.1) is 0 Å². The molecule has 1 rings (SSSR count). The number of likely N-dealkylation sites (N-methyl/N-ethyl adjacent to an activating group) is 1. The number of hydrogen-bond donors (Lipinski definition) is 1. The van der Waals surface area contributed by atoms with Crippen LogP contribution in [0.2, 0.25) is 5.02 Å². The first-order valence-electron chi connectivity index (χ1n) is 7.46. The monoisotopic (exact) mass is 300 g/mol. The third-order valence-corrected chi connectivity index (χ3v) is 4.37. The molecule has 2 N–H and O–H groups in total. The smallest absolute Gasteiger partial charge is 0.124 e. The molecule has 0 saturated heterocycles. The summed E-state index contributed by atoms with van der Waals surface area (Å²) >= 11 is 6.19. The summed E-state index contributed by atoms with van der Waals surface area (Å²) in [6.45, 7) is 8.95. The fourth-order valence-corrected chi connectivity index (χ4v) is 2.89. The van der Waals surface area contributed by atoms with Crippen LogP contribution in [-0.4, -0.2) is 24.5 Å². The highest BCUT2D eigenvalue weighted by atomic mass is 35.5. The van der Waals surface area contributed by atoms with Crippen molar-refractivity contribution in [1.82, 2.24) is 4.90 Å². The molecule has 1 unspecified atom stereocenters. The molecule has 1 aromatic carbocycles. The Labute approximate surface area is 127 Å². The third-order valence-electron chi connectivity index (χ3n) is 4.04. The Morgan fingerprint density at radius 1 is 1.25 bits per heavy atom. The molecule has 0 aromatic heterocycles. The lowest BCUT2D eigenvalue weighted by molar-refractivity contribution is 0.174. The molecule has 0 aliphatic carbocycles. The van der Waals surface area contributed by atoms with Crippen molar-refractivity contribution in [3.63, 3.8) is 0 Å². The Kier molecular flexibility index (Phi) is 7.49. The van der Waals surface area contributed by atoms with E-state index >= 15 is 0 Å². The van der Waals surface area contributed by atoms with Crippen LogP contribution in [0.4, 0.5) is 4.39 Å². The van der Waals surface area contributed by atoms with Gasteiger partial charge in [0.25, 0.3) is 0 Å². The number of rotatable bonds is 8. The van der Waals surface area contributed by atoms with Crippen LogP contribution in [-0.2, 0) is 0 Å². The van der Waals surface area contributed by atoms with Crippen molar-refractivity contribution in [2.24, 2.45) is 11.7 Å². The van der Waals surface area contributed by atoms with Crippen LogP contribution in [0.15, 0.2) is 18.2 Å². The van der Waals surface area contributed by atoms with Gasteiger partial charge in [0.2, 0.25) is 0 Å². The molecule has 0 radical (unpaired) electrons. The predicted molar refractivity (Wildman–Crippen MR) is 84.5 cm³/mol. The van der Waals surface area contributed by atoms with E-state index in [1.54, 1.807) is 6.07 Å². The largest absolute Gasteiger partial charge is 0.329 e. The highest BCUT2D eigenvalue weighted by Crippen LogP contribution is 2.28. The number of nitrogens with zero attached hydrogens (tertiary/aromatic N) is 1. The van der Waals surface area contributed by atoms with Gasteiger partial charge in [-0.1, -0.05) is 51.3 Å². The minimum atomic E-state index is -0.308. The van der Waals surface area contributed by atoms with Crippen molar-refractivity contribution in [2.45, 2.75) is 39.7 Å². The van der Waals surface area contributed by atoms with Crippen LogP contribution in [0.25, 0.3) is 0 Å². The van der Waals surface area contributed by atoms with Crippen molar-refractivity contribution in [1.29, 1.82) is 0 Å². The highest BCUT2D eigenvalue weighted by Gasteiger charge is 2.22. The van der Waals surface area contributed by atoms with E-state index in [1.165, 1.54) is 12.1 Å². The maximum atomic E-state index is 13.2. The Balaban J connectivity index is 2.96. The summed E-state index contributed by atoms with van der Waals surface area (Å²) in [5.74, 6) is 0.348. The lowest BCUT2D eigenvalue weighted by Gasteiger charge is -2.33. The zero-order valence-electron chi connectivity index (χ0n) is 12.7. The molecular formula is C16H26ClFN2. The Morgan fingerprint density at radius 2 is 1.90 bits per heavy atom. The zero-order chi connectivity index (χ0) is 15.1. The van der Waals surface area contributed by atoms with E-state index in [-0.39, 0.29) is 11.9 Å². The van der Waals surface area contributed by atoms with Crippen molar-refractivity contribution < 1.29 is 4.39 Å². The number of nitrogens with two attached hydrogens (primary N) is 1. The summed E-state index contributed by atoms with van der Waals surface area (Å²) < 4.78 is 13.2. The Hall–Kier alpha value is -0.640. The number of benzene rings is 1. The summed E-state index contributed by atoms with van der Waals surface area (Å²) in [5, 5.41) is 0.462. The van der Waals surface area contributed by atoms with Gasteiger partial charge in [-0.3, -0.25) is 4.90 Å². The third kappa shape index (κ3) is 4.44. The van der Waals surface area contributed by atoms with E-state index in [9.17, 15) is 4.39 Å². The molecule has 0 bridgehead atoms. The van der Waals surface area contributed by atoms with Crippen LogP contribution >= 0.6 is 11.6 Å². The topological polar surface area (TPSA) is 29.3 Å².